The van der Waals surface area contributed by atoms with Crippen molar-refractivity contribution in [2.75, 3.05) is 0 Å². The molecule has 0 saturated heterocycles. The summed E-state index contributed by atoms with van der Waals surface area (Å²) in [6.07, 6.45) is 0. The van der Waals surface area contributed by atoms with Crippen LogP contribution in [-0.4, -0.2) is 0 Å². The highest BCUT2D eigenvalue weighted by Gasteiger charge is 2.08. The smallest absolute Gasteiger partial charge is 0.141 e. The van der Waals surface area contributed by atoms with Gasteiger partial charge in [0.2, 0.25) is 0 Å². The molecule has 0 fully saturated rings. The number of hydrogen-bond donors (Lipinski definition) is 1. The molecule has 1 atom stereocenters. The molecule has 4 heteroatoms. The summed E-state index contributed by atoms with van der Waals surface area (Å²) >= 11 is 6.96. The van der Waals surface area contributed by atoms with Crippen LogP contribution >= 0.6 is 31.9 Å². The van der Waals surface area contributed by atoms with E-state index >= 15 is 0 Å². The van der Waals surface area contributed by atoms with Crippen LogP contribution in [0.2, 0.25) is 0 Å². The van der Waals surface area contributed by atoms with Gasteiger partial charge in [0.15, 0.2) is 0 Å². The van der Waals surface area contributed by atoms with Gasteiger partial charge in [0.1, 0.15) is 11.5 Å². The summed E-state index contributed by atoms with van der Waals surface area (Å²) in [5.41, 5.74) is 6.91. The van der Waals surface area contributed by atoms with E-state index in [2.05, 4.69) is 31.9 Å². The second-order valence-corrected chi connectivity index (χ2v) is 5.72. The van der Waals surface area contributed by atoms with Gasteiger partial charge in [0.05, 0.1) is 8.95 Å². The number of hydrogen-bond acceptors (Lipinski definition) is 2. The molecule has 0 aliphatic heterocycles. The van der Waals surface area contributed by atoms with Gasteiger partial charge in [-0.25, -0.2) is 0 Å². The summed E-state index contributed by atoms with van der Waals surface area (Å²) in [4.78, 5) is 0. The van der Waals surface area contributed by atoms with Gasteiger partial charge in [0.25, 0.3) is 0 Å². The third kappa shape index (κ3) is 3.13. The maximum Gasteiger partial charge on any atom is 0.141 e. The number of benzene rings is 2. The predicted molar refractivity (Wildman–Crippen MR) is 81.0 cm³/mol. The molecule has 2 aromatic carbocycles. The molecule has 0 radical (unpaired) electrons. The minimum absolute atomic E-state index is 0.0128. The van der Waals surface area contributed by atoms with Gasteiger partial charge in [-0.1, -0.05) is 18.2 Å². The molecule has 0 aliphatic carbocycles. The van der Waals surface area contributed by atoms with Crippen LogP contribution in [0.4, 0.5) is 0 Å². The Morgan fingerprint density at radius 1 is 1.00 bits per heavy atom. The van der Waals surface area contributed by atoms with Gasteiger partial charge in [-0.2, -0.15) is 0 Å². The molecule has 0 saturated carbocycles. The number of ether oxygens (including phenoxy) is 1. The van der Waals surface area contributed by atoms with Crippen molar-refractivity contribution in [1.29, 1.82) is 0 Å². The standard InChI is InChI=1S/C14H13Br2NO/c1-9(17)10-6-7-14(12(16)8-10)18-13-5-3-2-4-11(13)15/h2-9H,17H2,1H3/t9-/m0/s1. The van der Waals surface area contributed by atoms with Crippen molar-refractivity contribution in [3.05, 3.63) is 57.0 Å². The summed E-state index contributed by atoms with van der Waals surface area (Å²) < 4.78 is 7.66. The third-order valence-electron chi connectivity index (χ3n) is 2.54. The molecule has 2 N–H and O–H groups in total. The molecule has 0 aromatic heterocycles. The highest BCUT2D eigenvalue weighted by Crippen LogP contribution is 2.34. The van der Waals surface area contributed by atoms with Crippen LogP contribution in [0.1, 0.15) is 18.5 Å². The van der Waals surface area contributed by atoms with E-state index in [-0.39, 0.29) is 6.04 Å². The van der Waals surface area contributed by atoms with E-state index in [1.165, 1.54) is 0 Å². The van der Waals surface area contributed by atoms with E-state index in [4.69, 9.17) is 10.5 Å². The average molecular weight is 371 g/mol. The quantitative estimate of drug-likeness (QED) is 0.822. The fourth-order valence-electron chi connectivity index (χ4n) is 1.53. The molecule has 0 aliphatic rings. The molecule has 18 heavy (non-hydrogen) atoms. The Hall–Kier alpha value is -0.840. The van der Waals surface area contributed by atoms with Gasteiger partial charge >= 0.3 is 0 Å². The number of rotatable bonds is 3. The summed E-state index contributed by atoms with van der Waals surface area (Å²) in [5.74, 6) is 1.55. The van der Waals surface area contributed by atoms with Crippen LogP contribution in [-0.2, 0) is 0 Å². The third-order valence-corrected chi connectivity index (χ3v) is 3.81. The van der Waals surface area contributed by atoms with Crippen LogP contribution < -0.4 is 10.5 Å². The highest BCUT2D eigenvalue weighted by molar-refractivity contribution is 9.11. The topological polar surface area (TPSA) is 35.2 Å². The molecule has 94 valence electrons. The van der Waals surface area contributed by atoms with E-state index in [0.29, 0.717) is 0 Å². The molecule has 0 bridgehead atoms. The van der Waals surface area contributed by atoms with Crippen molar-refractivity contribution < 1.29 is 4.74 Å². The van der Waals surface area contributed by atoms with Crippen LogP contribution in [0.15, 0.2) is 51.4 Å². The first-order valence-electron chi connectivity index (χ1n) is 5.55. The lowest BCUT2D eigenvalue weighted by Crippen LogP contribution is -2.04. The minimum atomic E-state index is 0.0128. The zero-order valence-electron chi connectivity index (χ0n) is 9.86. The Balaban J connectivity index is 2.28. The van der Waals surface area contributed by atoms with Crippen LogP contribution in [0, 0.1) is 0 Å². The second-order valence-electron chi connectivity index (χ2n) is 4.01. The normalized spacial score (nSPS) is 12.2. The monoisotopic (exact) mass is 369 g/mol. The fraction of sp³-hybridized carbons (Fsp3) is 0.143. The molecular formula is C14H13Br2NO. The zero-order chi connectivity index (χ0) is 13.1. The molecule has 0 amide bonds. The van der Waals surface area contributed by atoms with E-state index in [1.807, 2.05) is 49.4 Å². The lowest BCUT2D eigenvalue weighted by Gasteiger charge is -2.12. The first kappa shape index (κ1) is 13.6. The Bertz CT molecular complexity index is 555. The lowest BCUT2D eigenvalue weighted by molar-refractivity contribution is 0.476. The van der Waals surface area contributed by atoms with Gasteiger partial charge in [-0.15, -0.1) is 0 Å². The van der Waals surface area contributed by atoms with Crippen molar-refractivity contribution in [2.24, 2.45) is 5.73 Å². The maximum atomic E-state index is 5.84. The van der Waals surface area contributed by atoms with Crippen molar-refractivity contribution in [2.45, 2.75) is 13.0 Å². The van der Waals surface area contributed by atoms with Crippen LogP contribution in [0.25, 0.3) is 0 Å². The summed E-state index contributed by atoms with van der Waals surface area (Å²) in [5, 5.41) is 0. The summed E-state index contributed by atoms with van der Waals surface area (Å²) in [6, 6.07) is 13.6. The van der Waals surface area contributed by atoms with Crippen molar-refractivity contribution in [3.63, 3.8) is 0 Å². The minimum Gasteiger partial charge on any atom is -0.455 e. The van der Waals surface area contributed by atoms with E-state index < -0.39 is 0 Å². The zero-order valence-corrected chi connectivity index (χ0v) is 13.0. The first-order chi connectivity index (χ1) is 8.58. The fourth-order valence-corrected chi connectivity index (χ4v) is 2.37. The number of halogens is 2. The van der Waals surface area contributed by atoms with Crippen molar-refractivity contribution >= 4 is 31.9 Å². The molecular weight excluding hydrogens is 358 g/mol. The number of nitrogens with two attached hydrogens (primary N) is 1. The SMILES string of the molecule is C[C@H](N)c1ccc(Oc2ccccc2Br)c(Br)c1. The first-order valence-corrected chi connectivity index (χ1v) is 7.14. The summed E-state index contributed by atoms with van der Waals surface area (Å²) in [6.45, 7) is 1.95. The second kappa shape index (κ2) is 5.87. The average Bonchev–Trinajstić information content (AvgIpc) is 2.34. The predicted octanol–water partition coefficient (Wildman–Crippen LogP) is 5.02. The Labute approximate surface area is 123 Å². The Kier molecular flexibility index (Phi) is 4.43. The molecule has 2 rings (SSSR count). The molecule has 0 spiro atoms. The van der Waals surface area contributed by atoms with Crippen molar-refractivity contribution in [3.8, 4) is 11.5 Å². The largest absolute Gasteiger partial charge is 0.455 e. The van der Waals surface area contributed by atoms with E-state index in [1.54, 1.807) is 0 Å². The van der Waals surface area contributed by atoms with E-state index in [0.717, 1.165) is 26.0 Å². The highest BCUT2D eigenvalue weighted by atomic mass is 79.9. The molecule has 0 heterocycles. The van der Waals surface area contributed by atoms with Gasteiger partial charge < -0.3 is 10.5 Å². The lowest BCUT2D eigenvalue weighted by atomic mass is 10.1. The number of para-hydroxylation sites is 1. The molecule has 2 aromatic rings. The molecule has 0 unspecified atom stereocenters. The Morgan fingerprint density at radius 3 is 2.28 bits per heavy atom. The molecule has 2 nitrogen and oxygen atoms in total. The van der Waals surface area contributed by atoms with Crippen LogP contribution in [0.5, 0.6) is 11.5 Å². The van der Waals surface area contributed by atoms with E-state index in [9.17, 15) is 0 Å². The maximum absolute atomic E-state index is 5.84. The Morgan fingerprint density at radius 2 is 1.67 bits per heavy atom. The summed E-state index contributed by atoms with van der Waals surface area (Å²) in [7, 11) is 0. The van der Waals surface area contributed by atoms with Crippen molar-refractivity contribution in [1.82, 2.24) is 0 Å². The van der Waals surface area contributed by atoms with Crippen LogP contribution in [0.3, 0.4) is 0 Å². The van der Waals surface area contributed by atoms with Gasteiger partial charge in [0, 0.05) is 6.04 Å². The van der Waals surface area contributed by atoms with Gasteiger partial charge in [-0.05, 0) is 68.6 Å². The van der Waals surface area contributed by atoms with Gasteiger partial charge in [-0.3, -0.25) is 0 Å².